The molecule has 1 fully saturated rings. The predicted molar refractivity (Wildman–Crippen MR) is 144 cm³/mol. The summed E-state index contributed by atoms with van der Waals surface area (Å²) in [7, 11) is 1.55. The summed E-state index contributed by atoms with van der Waals surface area (Å²) in [4.78, 5) is 45.1. The Morgan fingerprint density at radius 2 is 2.05 bits per heavy atom. The number of ether oxygens (including phenoxy) is 3. The second-order valence-corrected chi connectivity index (χ2v) is 10.8. The Balaban J connectivity index is 1.74. The Bertz CT molecular complexity index is 1630. The summed E-state index contributed by atoms with van der Waals surface area (Å²) >= 11 is 1.19. The van der Waals surface area contributed by atoms with Crippen LogP contribution in [0.15, 0.2) is 50.7 Å². The van der Waals surface area contributed by atoms with Crippen LogP contribution in [0.4, 0.5) is 0 Å². The van der Waals surface area contributed by atoms with E-state index in [2.05, 4.69) is 4.98 Å². The van der Waals surface area contributed by atoms with Crippen molar-refractivity contribution in [2.24, 2.45) is 0 Å². The number of benzene rings is 1. The maximum absolute atomic E-state index is 14.0. The number of aromatic nitrogens is 3. The summed E-state index contributed by atoms with van der Waals surface area (Å²) in [6.45, 7) is 5.34. The maximum atomic E-state index is 14.0. The predicted octanol–water partition coefficient (Wildman–Crippen LogP) is 3.56. The number of carboxylic acid groups (broad SMARTS) is 1. The Morgan fingerprint density at radius 1 is 1.31 bits per heavy atom. The van der Waals surface area contributed by atoms with Crippen LogP contribution in [-0.4, -0.2) is 51.6 Å². The fourth-order valence-electron chi connectivity index (χ4n) is 4.61. The molecule has 5 rings (SSSR count). The van der Waals surface area contributed by atoms with Gasteiger partial charge >= 0.3 is 11.7 Å². The Hall–Kier alpha value is -3.74. The number of thiophene rings is 1. The van der Waals surface area contributed by atoms with Gasteiger partial charge in [-0.05, 0) is 38.8 Å². The van der Waals surface area contributed by atoms with Crippen molar-refractivity contribution >= 4 is 27.5 Å². The van der Waals surface area contributed by atoms with Crippen LogP contribution in [0, 0.1) is 6.92 Å². The third-order valence-electron chi connectivity index (χ3n) is 7.03. The van der Waals surface area contributed by atoms with Crippen molar-refractivity contribution in [3.05, 3.63) is 68.7 Å². The number of aliphatic carboxylic acids is 1. The lowest BCUT2D eigenvalue weighted by molar-refractivity contribution is -0.146. The number of aryl methyl sites for hydroxylation is 1. The largest absolute Gasteiger partial charge is 0.496 e. The van der Waals surface area contributed by atoms with Gasteiger partial charge in [0.2, 0.25) is 5.89 Å². The summed E-state index contributed by atoms with van der Waals surface area (Å²) in [6.07, 6.45) is 3.06. The number of nitrogens with zero attached hydrogens (tertiary/aromatic N) is 3. The van der Waals surface area contributed by atoms with Crippen molar-refractivity contribution in [1.29, 1.82) is 0 Å². The molecule has 1 saturated heterocycles. The van der Waals surface area contributed by atoms with Gasteiger partial charge in [0.25, 0.3) is 5.56 Å². The van der Waals surface area contributed by atoms with E-state index in [1.54, 1.807) is 20.1 Å². The van der Waals surface area contributed by atoms with Crippen molar-refractivity contribution in [1.82, 2.24) is 14.1 Å². The lowest BCUT2D eigenvalue weighted by Crippen LogP contribution is -2.52. The zero-order valence-corrected chi connectivity index (χ0v) is 22.8. The van der Waals surface area contributed by atoms with Crippen molar-refractivity contribution in [3.63, 3.8) is 0 Å². The van der Waals surface area contributed by atoms with E-state index in [1.165, 1.54) is 42.2 Å². The first kappa shape index (κ1) is 26.9. The van der Waals surface area contributed by atoms with Crippen LogP contribution < -0.4 is 16.0 Å². The number of oxazole rings is 1. The average molecular weight is 556 g/mol. The molecule has 39 heavy (non-hydrogen) atoms. The van der Waals surface area contributed by atoms with Gasteiger partial charge in [-0.3, -0.25) is 9.36 Å². The van der Waals surface area contributed by atoms with Crippen LogP contribution in [0.5, 0.6) is 5.75 Å². The van der Waals surface area contributed by atoms with Gasteiger partial charge in [-0.15, -0.1) is 11.3 Å². The molecule has 0 amide bonds. The molecular weight excluding hydrogens is 526 g/mol. The molecule has 0 saturated carbocycles. The van der Waals surface area contributed by atoms with Crippen LogP contribution in [0.25, 0.3) is 21.0 Å². The van der Waals surface area contributed by atoms with E-state index >= 15 is 0 Å². The van der Waals surface area contributed by atoms with Gasteiger partial charge < -0.3 is 23.7 Å². The second kappa shape index (κ2) is 10.4. The fourth-order valence-corrected chi connectivity index (χ4v) is 5.86. The highest BCUT2D eigenvalue weighted by Gasteiger charge is 2.36. The molecule has 1 aliphatic rings. The van der Waals surface area contributed by atoms with Gasteiger partial charge in [0, 0.05) is 12.2 Å². The molecule has 206 valence electrons. The lowest BCUT2D eigenvalue weighted by Gasteiger charge is -2.30. The number of methoxy groups -OCH3 is 1. The molecule has 1 aromatic carbocycles. The first-order chi connectivity index (χ1) is 18.6. The van der Waals surface area contributed by atoms with Gasteiger partial charge in [0.05, 0.1) is 42.8 Å². The van der Waals surface area contributed by atoms with Crippen LogP contribution in [0.1, 0.15) is 37.5 Å². The molecule has 1 unspecified atom stereocenters. The molecule has 4 heterocycles. The number of carboxylic acids is 1. The van der Waals surface area contributed by atoms with E-state index in [4.69, 9.17) is 18.6 Å². The number of carbonyl (C=O) groups is 1. The Kier molecular flexibility index (Phi) is 7.19. The van der Waals surface area contributed by atoms with Crippen LogP contribution in [0.2, 0.25) is 0 Å². The van der Waals surface area contributed by atoms with E-state index in [-0.39, 0.29) is 18.0 Å². The van der Waals surface area contributed by atoms with Crippen LogP contribution in [-0.2, 0) is 26.4 Å². The van der Waals surface area contributed by atoms with E-state index in [0.29, 0.717) is 45.7 Å². The van der Waals surface area contributed by atoms with E-state index < -0.39 is 28.9 Å². The van der Waals surface area contributed by atoms with Crippen molar-refractivity contribution in [3.8, 4) is 16.5 Å². The zero-order chi connectivity index (χ0) is 27.9. The third kappa shape index (κ3) is 4.68. The average Bonchev–Trinajstić information content (AvgIpc) is 3.52. The van der Waals surface area contributed by atoms with E-state index in [9.17, 15) is 19.5 Å². The van der Waals surface area contributed by atoms with Gasteiger partial charge in [0.1, 0.15) is 28.5 Å². The molecule has 0 aliphatic carbocycles. The second-order valence-electron chi connectivity index (χ2n) is 9.82. The lowest BCUT2D eigenvalue weighted by atomic mass is 10.1. The summed E-state index contributed by atoms with van der Waals surface area (Å²) in [5, 5.41) is 10.2. The molecule has 2 atom stereocenters. The molecule has 0 spiro atoms. The molecule has 3 aromatic heterocycles. The molecule has 0 radical (unpaired) electrons. The molecule has 1 aliphatic heterocycles. The monoisotopic (exact) mass is 555 g/mol. The Labute approximate surface area is 227 Å². The van der Waals surface area contributed by atoms with Crippen molar-refractivity contribution in [2.75, 3.05) is 20.3 Å². The van der Waals surface area contributed by atoms with Crippen molar-refractivity contribution < 1.29 is 28.5 Å². The number of fused-ring (bicyclic) bond motifs is 1. The number of hydrogen-bond acceptors (Lipinski definition) is 9. The van der Waals surface area contributed by atoms with Gasteiger partial charge in [-0.25, -0.2) is 19.1 Å². The maximum Gasteiger partial charge on any atom is 0.333 e. The minimum Gasteiger partial charge on any atom is -0.496 e. The summed E-state index contributed by atoms with van der Waals surface area (Å²) in [6, 6.07) is 7.33. The smallest absolute Gasteiger partial charge is 0.333 e. The SMILES string of the molecule is COc1ccccc1[C@H](Cn1c(=O)n(C(C)(C)C(=O)O)c(=O)c2c(C)c(-c3ncco3)sc21)OCC1CCO1. The number of rotatable bonds is 10. The molecule has 4 aromatic rings. The van der Waals surface area contributed by atoms with Gasteiger partial charge in [0.15, 0.2) is 0 Å². The van der Waals surface area contributed by atoms with E-state index in [0.717, 1.165) is 11.0 Å². The van der Waals surface area contributed by atoms with E-state index in [1.807, 2.05) is 18.2 Å². The summed E-state index contributed by atoms with van der Waals surface area (Å²) < 4.78 is 25.1. The summed E-state index contributed by atoms with van der Waals surface area (Å²) in [5.74, 6) is -0.438. The third-order valence-corrected chi connectivity index (χ3v) is 8.34. The van der Waals surface area contributed by atoms with Gasteiger partial charge in [-0.2, -0.15) is 0 Å². The molecule has 11 nitrogen and oxygen atoms in total. The van der Waals surface area contributed by atoms with Crippen LogP contribution in [0.3, 0.4) is 0 Å². The molecule has 1 N–H and O–H groups in total. The number of para-hydroxylation sites is 1. The number of hydrogen-bond donors (Lipinski definition) is 1. The quantitative estimate of drug-likeness (QED) is 0.312. The normalized spacial score (nSPS) is 16.3. The minimum absolute atomic E-state index is 0.0105. The summed E-state index contributed by atoms with van der Waals surface area (Å²) in [5.41, 5.74) is -2.02. The van der Waals surface area contributed by atoms with Crippen molar-refractivity contribution in [2.45, 2.75) is 51.5 Å². The standard InChI is InChI=1S/C27H29N3O8S/c1-15-20-23(31)30(27(2,3)25(32)33)26(34)29(24(20)39-21(15)22-28-10-12-37-22)13-19(38-14-16-9-11-36-16)17-7-5-6-8-18(17)35-4/h5-8,10,12,16,19H,9,11,13-14H2,1-4H3,(H,32,33)/t16?,19-/m0/s1. The minimum atomic E-state index is -1.82. The molecule has 0 bridgehead atoms. The Morgan fingerprint density at radius 3 is 2.67 bits per heavy atom. The van der Waals surface area contributed by atoms with Crippen LogP contribution >= 0.6 is 11.3 Å². The molecule has 12 heteroatoms. The van der Waals surface area contributed by atoms with Gasteiger partial charge in [-0.1, -0.05) is 18.2 Å². The topological polar surface area (TPSA) is 135 Å². The highest BCUT2D eigenvalue weighted by Crippen LogP contribution is 2.37. The highest BCUT2D eigenvalue weighted by molar-refractivity contribution is 7.22. The molecular formula is C27H29N3O8S. The first-order valence-electron chi connectivity index (χ1n) is 12.4. The fraction of sp³-hybridized carbons (Fsp3) is 0.407. The highest BCUT2D eigenvalue weighted by atomic mass is 32.1. The first-order valence-corrected chi connectivity index (χ1v) is 13.3. The zero-order valence-electron chi connectivity index (χ0n) is 22.0.